The number of carboxylic acids is 1. The summed E-state index contributed by atoms with van der Waals surface area (Å²) in [6.45, 7) is 1.85. The van der Waals surface area contributed by atoms with Crippen molar-refractivity contribution in [1.82, 2.24) is 0 Å². The van der Waals surface area contributed by atoms with Crippen LogP contribution in [0.15, 0.2) is 36.4 Å². The first kappa shape index (κ1) is 14.0. The van der Waals surface area contributed by atoms with Crippen molar-refractivity contribution < 1.29 is 14.8 Å². The molecule has 0 amide bonds. The van der Waals surface area contributed by atoms with Gasteiger partial charge in [-0.1, -0.05) is 23.7 Å². The number of rotatable bonds is 3. The van der Waals surface area contributed by atoms with Crippen LogP contribution in [0.5, 0.6) is 0 Å². The SMILES string of the molecule is Cc1ccc(-c2cc([N+](=O)[O-])ccc2C(=O)O)c(Cl)c1. The topological polar surface area (TPSA) is 80.4 Å². The van der Waals surface area contributed by atoms with Gasteiger partial charge in [0.25, 0.3) is 5.69 Å². The van der Waals surface area contributed by atoms with Gasteiger partial charge in [0.1, 0.15) is 0 Å². The molecule has 1 N–H and O–H groups in total. The van der Waals surface area contributed by atoms with E-state index in [-0.39, 0.29) is 16.8 Å². The molecule has 0 aliphatic heterocycles. The number of aromatic carboxylic acids is 1. The first-order valence-corrected chi connectivity index (χ1v) is 6.06. The van der Waals surface area contributed by atoms with Gasteiger partial charge in [-0.2, -0.15) is 0 Å². The van der Waals surface area contributed by atoms with Gasteiger partial charge in [0.05, 0.1) is 10.5 Å². The smallest absolute Gasteiger partial charge is 0.336 e. The normalized spacial score (nSPS) is 10.3. The molecule has 0 heterocycles. The molecule has 0 unspecified atom stereocenters. The van der Waals surface area contributed by atoms with Gasteiger partial charge in [0.2, 0.25) is 0 Å². The van der Waals surface area contributed by atoms with E-state index >= 15 is 0 Å². The van der Waals surface area contributed by atoms with Crippen molar-refractivity contribution in [2.45, 2.75) is 6.92 Å². The molecule has 0 fully saturated rings. The fraction of sp³-hybridized carbons (Fsp3) is 0.0714. The Balaban J connectivity index is 2.72. The van der Waals surface area contributed by atoms with Crippen molar-refractivity contribution in [2.75, 3.05) is 0 Å². The molecule has 0 spiro atoms. The Morgan fingerprint density at radius 3 is 2.45 bits per heavy atom. The molecule has 0 atom stereocenters. The molecule has 2 aromatic rings. The quantitative estimate of drug-likeness (QED) is 0.686. The minimum absolute atomic E-state index is 0.0265. The largest absolute Gasteiger partial charge is 0.478 e. The second-order valence-electron chi connectivity index (χ2n) is 4.28. The lowest BCUT2D eigenvalue weighted by atomic mass is 9.98. The molecule has 0 aliphatic carbocycles. The van der Waals surface area contributed by atoms with Crippen molar-refractivity contribution in [2.24, 2.45) is 0 Å². The van der Waals surface area contributed by atoms with Crippen LogP contribution in [0.4, 0.5) is 5.69 Å². The Hall–Kier alpha value is -2.40. The van der Waals surface area contributed by atoms with Crippen LogP contribution in [0.25, 0.3) is 11.1 Å². The minimum atomic E-state index is -1.16. The van der Waals surface area contributed by atoms with E-state index < -0.39 is 10.9 Å². The summed E-state index contributed by atoms with van der Waals surface area (Å²) in [6.07, 6.45) is 0. The molecule has 0 aromatic heterocycles. The summed E-state index contributed by atoms with van der Waals surface area (Å²) in [5, 5.41) is 20.4. The van der Waals surface area contributed by atoms with Crippen LogP contribution in [0, 0.1) is 17.0 Å². The monoisotopic (exact) mass is 291 g/mol. The number of hydrogen-bond donors (Lipinski definition) is 1. The van der Waals surface area contributed by atoms with Crippen LogP contribution in [0.2, 0.25) is 5.02 Å². The molecule has 6 heteroatoms. The van der Waals surface area contributed by atoms with Crippen LogP contribution in [-0.2, 0) is 0 Å². The van der Waals surface area contributed by atoms with E-state index in [4.69, 9.17) is 11.6 Å². The Morgan fingerprint density at radius 1 is 1.20 bits per heavy atom. The van der Waals surface area contributed by atoms with E-state index in [1.165, 1.54) is 12.1 Å². The molecular weight excluding hydrogens is 282 g/mol. The van der Waals surface area contributed by atoms with Crippen LogP contribution in [-0.4, -0.2) is 16.0 Å². The van der Waals surface area contributed by atoms with E-state index in [9.17, 15) is 20.0 Å². The molecule has 2 rings (SSSR count). The molecular formula is C14H10ClNO4. The van der Waals surface area contributed by atoms with E-state index in [0.29, 0.717) is 10.6 Å². The molecule has 5 nitrogen and oxygen atoms in total. The predicted octanol–water partition coefficient (Wildman–Crippen LogP) is 3.92. The third kappa shape index (κ3) is 2.62. The standard InChI is InChI=1S/C14H10ClNO4/c1-8-2-4-10(13(15)6-8)12-7-9(16(19)20)3-5-11(12)14(17)18/h2-7H,1H3,(H,17,18). The molecule has 2 aromatic carbocycles. The third-order valence-electron chi connectivity index (χ3n) is 2.86. The maximum absolute atomic E-state index is 11.2. The van der Waals surface area contributed by atoms with Gasteiger partial charge in [-0.25, -0.2) is 4.79 Å². The van der Waals surface area contributed by atoms with E-state index in [2.05, 4.69) is 0 Å². The average Bonchev–Trinajstić information content (AvgIpc) is 2.37. The number of aryl methyl sites for hydroxylation is 1. The third-order valence-corrected chi connectivity index (χ3v) is 3.17. The lowest BCUT2D eigenvalue weighted by molar-refractivity contribution is -0.384. The molecule has 102 valence electrons. The van der Waals surface area contributed by atoms with Gasteiger partial charge < -0.3 is 5.11 Å². The van der Waals surface area contributed by atoms with E-state index in [0.717, 1.165) is 11.6 Å². The van der Waals surface area contributed by atoms with Crippen LogP contribution in [0.3, 0.4) is 0 Å². The second kappa shape index (κ2) is 5.30. The van der Waals surface area contributed by atoms with Gasteiger partial charge in [-0.3, -0.25) is 10.1 Å². The van der Waals surface area contributed by atoms with Crippen molar-refractivity contribution in [1.29, 1.82) is 0 Å². The Kier molecular flexibility index (Phi) is 3.72. The number of hydrogen-bond acceptors (Lipinski definition) is 3. The van der Waals surface area contributed by atoms with Gasteiger partial charge in [-0.05, 0) is 24.6 Å². The first-order chi connectivity index (χ1) is 9.40. The zero-order valence-corrected chi connectivity index (χ0v) is 11.2. The Morgan fingerprint density at radius 2 is 1.90 bits per heavy atom. The second-order valence-corrected chi connectivity index (χ2v) is 4.68. The fourth-order valence-electron chi connectivity index (χ4n) is 1.89. The number of nitro benzene ring substituents is 1. The van der Waals surface area contributed by atoms with Crippen molar-refractivity contribution >= 4 is 23.3 Å². The number of carboxylic acid groups (broad SMARTS) is 1. The summed E-state index contributed by atoms with van der Waals surface area (Å²) in [5.74, 6) is -1.16. The molecule has 20 heavy (non-hydrogen) atoms. The minimum Gasteiger partial charge on any atom is -0.478 e. The van der Waals surface area contributed by atoms with Crippen molar-refractivity contribution in [3.8, 4) is 11.1 Å². The highest BCUT2D eigenvalue weighted by molar-refractivity contribution is 6.33. The molecule has 0 aliphatic rings. The molecule has 0 bridgehead atoms. The van der Waals surface area contributed by atoms with Gasteiger partial charge in [0, 0.05) is 28.3 Å². The molecule has 0 saturated carbocycles. The van der Waals surface area contributed by atoms with Gasteiger partial charge in [0.15, 0.2) is 0 Å². The zero-order valence-electron chi connectivity index (χ0n) is 10.5. The van der Waals surface area contributed by atoms with Crippen molar-refractivity contribution in [3.63, 3.8) is 0 Å². The number of halogens is 1. The van der Waals surface area contributed by atoms with E-state index in [1.807, 2.05) is 6.92 Å². The predicted molar refractivity (Wildman–Crippen MR) is 75.2 cm³/mol. The summed E-state index contributed by atoms with van der Waals surface area (Å²) in [4.78, 5) is 21.5. The lowest BCUT2D eigenvalue weighted by Crippen LogP contribution is -2.01. The highest BCUT2D eigenvalue weighted by Gasteiger charge is 2.18. The van der Waals surface area contributed by atoms with Crippen LogP contribution >= 0.6 is 11.6 Å². The zero-order chi connectivity index (χ0) is 14.9. The number of nitrogens with zero attached hydrogens (tertiary/aromatic N) is 1. The fourth-order valence-corrected chi connectivity index (χ4v) is 2.23. The van der Waals surface area contributed by atoms with Gasteiger partial charge >= 0.3 is 5.97 Å². The Bertz CT molecular complexity index is 712. The number of non-ortho nitro benzene ring substituents is 1. The molecule has 0 saturated heterocycles. The highest BCUT2D eigenvalue weighted by atomic mass is 35.5. The summed E-state index contributed by atoms with van der Waals surface area (Å²) >= 11 is 6.11. The number of nitro groups is 1. The Labute approximate surface area is 119 Å². The van der Waals surface area contributed by atoms with Crippen LogP contribution in [0.1, 0.15) is 15.9 Å². The van der Waals surface area contributed by atoms with Crippen molar-refractivity contribution in [3.05, 3.63) is 62.7 Å². The first-order valence-electron chi connectivity index (χ1n) is 5.68. The average molecular weight is 292 g/mol. The summed E-state index contributed by atoms with van der Waals surface area (Å²) in [5.41, 5.74) is 1.40. The molecule has 0 radical (unpaired) electrons. The van der Waals surface area contributed by atoms with E-state index in [1.54, 1.807) is 18.2 Å². The number of carbonyl (C=O) groups is 1. The maximum Gasteiger partial charge on any atom is 0.336 e. The summed E-state index contributed by atoms with van der Waals surface area (Å²) in [6, 6.07) is 8.71. The van der Waals surface area contributed by atoms with Crippen LogP contribution < -0.4 is 0 Å². The number of benzene rings is 2. The highest BCUT2D eigenvalue weighted by Crippen LogP contribution is 2.33. The lowest BCUT2D eigenvalue weighted by Gasteiger charge is -2.09. The van der Waals surface area contributed by atoms with Gasteiger partial charge in [-0.15, -0.1) is 0 Å². The maximum atomic E-state index is 11.2. The summed E-state index contributed by atoms with van der Waals surface area (Å²) < 4.78 is 0. The summed E-state index contributed by atoms with van der Waals surface area (Å²) in [7, 11) is 0.